The molecule has 1 aliphatic heterocycles. The van der Waals surface area contributed by atoms with Crippen molar-refractivity contribution in [3.63, 3.8) is 0 Å². The van der Waals surface area contributed by atoms with E-state index >= 15 is 0 Å². The molecule has 0 amide bonds. The molecular formula is C16H26FN3. The topological polar surface area (TPSA) is 18.5 Å². The van der Waals surface area contributed by atoms with Gasteiger partial charge in [-0.15, -0.1) is 0 Å². The van der Waals surface area contributed by atoms with E-state index in [-0.39, 0.29) is 11.9 Å². The molecule has 4 heteroatoms. The molecule has 2 atom stereocenters. The van der Waals surface area contributed by atoms with Gasteiger partial charge in [0.25, 0.3) is 0 Å². The first-order valence-corrected chi connectivity index (χ1v) is 7.38. The van der Waals surface area contributed by atoms with Crippen molar-refractivity contribution in [1.82, 2.24) is 10.2 Å². The maximum Gasteiger partial charge on any atom is 0.146 e. The van der Waals surface area contributed by atoms with Crippen LogP contribution in [-0.4, -0.2) is 45.7 Å². The van der Waals surface area contributed by atoms with Gasteiger partial charge in [-0.3, -0.25) is 0 Å². The third kappa shape index (κ3) is 3.30. The van der Waals surface area contributed by atoms with E-state index in [1.165, 1.54) is 6.42 Å². The highest BCUT2D eigenvalue weighted by Crippen LogP contribution is 2.30. The van der Waals surface area contributed by atoms with E-state index in [9.17, 15) is 4.39 Å². The van der Waals surface area contributed by atoms with Crippen LogP contribution in [0.4, 0.5) is 10.1 Å². The average molecular weight is 279 g/mol. The lowest BCUT2D eigenvalue weighted by molar-refractivity contribution is 0.395. The molecule has 1 N–H and O–H groups in total. The Kier molecular flexibility index (Phi) is 5.00. The van der Waals surface area contributed by atoms with Crippen LogP contribution < -0.4 is 10.2 Å². The SMILES string of the molecule is CNC(C)c1cccc(F)c1N(C)CC1CCN(C)C1. The standard InChI is InChI=1S/C16H26FN3/c1-12(18-2)14-6-5-7-15(17)16(14)20(4)11-13-8-9-19(3)10-13/h5-7,12-13,18H,8-11H2,1-4H3. The molecule has 0 bridgehead atoms. The maximum atomic E-state index is 14.3. The first kappa shape index (κ1) is 15.3. The van der Waals surface area contributed by atoms with E-state index in [2.05, 4.69) is 29.1 Å². The fourth-order valence-corrected chi connectivity index (χ4v) is 3.09. The lowest BCUT2D eigenvalue weighted by Crippen LogP contribution is -2.29. The first-order valence-electron chi connectivity index (χ1n) is 7.38. The molecule has 2 unspecified atom stereocenters. The molecule has 0 aromatic heterocycles. The minimum atomic E-state index is -0.126. The summed E-state index contributed by atoms with van der Waals surface area (Å²) in [6.07, 6.45) is 1.20. The predicted octanol–water partition coefficient (Wildman–Crippen LogP) is 2.49. The Balaban J connectivity index is 2.18. The molecule has 1 fully saturated rings. The molecule has 0 radical (unpaired) electrons. The van der Waals surface area contributed by atoms with Gasteiger partial charge in [0, 0.05) is 26.2 Å². The van der Waals surface area contributed by atoms with E-state index in [1.807, 2.05) is 20.2 Å². The number of hydrogen-bond acceptors (Lipinski definition) is 3. The van der Waals surface area contributed by atoms with Crippen molar-refractivity contribution < 1.29 is 4.39 Å². The summed E-state index contributed by atoms with van der Waals surface area (Å²) in [5, 5.41) is 3.20. The zero-order valence-electron chi connectivity index (χ0n) is 13.0. The van der Waals surface area contributed by atoms with E-state index in [0.29, 0.717) is 5.92 Å². The molecule has 1 aliphatic rings. The Hall–Kier alpha value is -1.13. The highest BCUT2D eigenvalue weighted by Gasteiger charge is 2.23. The molecule has 0 spiro atoms. The first-order chi connectivity index (χ1) is 9.52. The molecule has 3 nitrogen and oxygen atoms in total. The zero-order chi connectivity index (χ0) is 14.7. The monoisotopic (exact) mass is 279 g/mol. The molecule has 1 heterocycles. The van der Waals surface area contributed by atoms with Crippen molar-refractivity contribution >= 4 is 5.69 Å². The number of para-hydroxylation sites is 1. The smallest absolute Gasteiger partial charge is 0.146 e. The lowest BCUT2D eigenvalue weighted by Gasteiger charge is -2.27. The quantitative estimate of drug-likeness (QED) is 0.893. The van der Waals surface area contributed by atoms with Gasteiger partial charge in [0.1, 0.15) is 5.82 Å². The van der Waals surface area contributed by atoms with Crippen LogP contribution in [0.3, 0.4) is 0 Å². The number of nitrogens with one attached hydrogen (secondary N) is 1. The van der Waals surface area contributed by atoms with Gasteiger partial charge in [0.2, 0.25) is 0 Å². The maximum absolute atomic E-state index is 14.3. The summed E-state index contributed by atoms with van der Waals surface area (Å²) in [4.78, 5) is 4.43. The Morgan fingerprint density at radius 1 is 1.50 bits per heavy atom. The number of benzene rings is 1. The third-order valence-corrected chi connectivity index (χ3v) is 4.32. The van der Waals surface area contributed by atoms with Crippen LogP contribution in [0.2, 0.25) is 0 Å². The van der Waals surface area contributed by atoms with Crippen molar-refractivity contribution in [2.75, 3.05) is 45.7 Å². The van der Waals surface area contributed by atoms with Crippen molar-refractivity contribution in [2.24, 2.45) is 5.92 Å². The number of likely N-dealkylation sites (tertiary alicyclic amines) is 1. The zero-order valence-corrected chi connectivity index (χ0v) is 13.0. The second-order valence-electron chi connectivity index (χ2n) is 5.99. The Morgan fingerprint density at radius 3 is 2.85 bits per heavy atom. The molecule has 20 heavy (non-hydrogen) atoms. The number of nitrogens with zero attached hydrogens (tertiary/aromatic N) is 2. The minimum Gasteiger partial charge on any atom is -0.372 e. The number of rotatable bonds is 5. The summed E-state index contributed by atoms with van der Waals surface area (Å²) in [6, 6.07) is 5.50. The number of hydrogen-bond donors (Lipinski definition) is 1. The minimum absolute atomic E-state index is 0.126. The van der Waals surface area contributed by atoms with Gasteiger partial charge in [-0.1, -0.05) is 12.1 Å². The molecule has 1 aromatic rings. The van der Waals surface area contributed by atoms with Crippen molar-refractivity contribution in [2.45, 2.75) is 19.4 Å². The van der Waals surface area contributed by atoms with E-state index in [0.717, 1.165) is 30.9 Å². The number of anilines is 1. The van der Waals surface area contributed by atoms with Crippen LogP contribution in [-0.2, 0) is 0 Å². The van der Waals surface area contributed by atoms with Crippen LogP contribution in [0.15, 0.2) is 18.2 Å². The molecule has 112 valence electrons. The summed E-state index contributed by atoms with van der Waals surface area (Å²) < 4.78 is 14.3. The van der Waals surface area contributed by atoms with Gasteiger partial charge in [-0.05, 0) is 51.5 Å². The fraction of sp³-hybridized carbons (Fsp3) is 0.625. The molecule has 1 aromatic carbocycles. The molecular weight excluding hydrogens is 253 g/mol. The van der Waals surface area contributed by atoms with Crippen molar-refractivity contribution in [3.8, 4) is 0 Å². The Morgan fingerprint density at radius 2 is 2.25 bits per heavy atom. The van der Waals surface area contributed by atoms with E-state index < -0.39 is 0 Å². The van der Waals surface area contributed by atoms with Gasteiger partial charge in [0.15, 0.2) is 0 Å². The Labute approximate surface area is 121 Å². The highest BCUT2D eigenvalue weighted by molar-refractivity contribution is 5.55. The average Bonchev–Trinajstić information content (AvgIpc) is 2.82. The number of halogens is 1. The molecule has 2 rings (SSSR count). The summed E-state index contributed by atoms with van der Waals surface area (Å²) in [5.74, 6) is 0.501. The summed E-state index contributed by atoms with van der Waals surface area (Å²) in [5.41, 5.74) is 1.77. The second-order valence-corrected chi connectivity index (χ2v) is 5.99. The van der Waals surface area contributed by atoms with Gasteiger partial charge in [-0.25, -0.2) is 4.39 Å². The Bertz CT molecular complexity index is 449. The van der Waals surface area contributed by atoms with Crippen LogP contribution >= 0.6 is 0 Å². The van der Waals surface area contributed by atoms with Crippen molar-refractivity contribution in [1.29, 1.82) is 0 Å². The predicted molar refractivity (Wildman–Crippen MR) is 82.7 cm³/mol. The second kappa shape index (κ2) is 6.55. The van der Waals surface area contributed by atoms with Crippen LogP contribution in [0.1, 0.15) is 24.9 Å². The van der Waals surface area contributed by atoms with Crippen LogP contribution in [0.25, 0.3) is 0 Å². The van der Waals surface area contributed by atoms with Gasteiger partial charge in [0.05, 0.1) is 5.69 Å². The highest BCUT2D eigenvalue weighted by atomic mass is 19.1. The molecule has 1 saturated heterocycles. The summed E-state index contributed by atoms with van der Waals surface area (Å²) in [6.45, 7) is 5.23. The summed E-state index contributed by atoms with van der Waals surface area (Å²) in [7, 11) is 6.06. The fourth-order valence-electron chi connectivity index (χ4n) is 3.09. The molecule has 0 aliphatic carbocycles. The normalized spacial score (nSPS) is 21.1. The largest absolute Gasteiger partial charge is 0.372 e. The van der Waals surface area contributed by atoms with E-state index in [4.69, 9.17) is 0 Å². The van der Waals surface area contributed by atoms with Crippen LogP contribution in [0.5, 0.6) is 0 Å². The van der Waals surface area contributed by atoms with Crippen molar-refractivity contribution in [3.05, 3.63) is 29.6 Å². The third-order valence-electron chi connectivity index (χ3n) is 4.32. The van der Waals surface area contributed by atoms with E-state index in [1.54, 1.807) is 12.1 Å². The molecule has 0 saturated carbocycles. The van der Waals surface area contributed by atoms with Gasteiger partial charge >= 0.3 is 0 Å². The van der Waals surface area contributed by atoms with Gasteiger partial charge < -0.3 is 15.1 Å². The van der Waals surface area contributed by atoms with Crippen LogP contribution in [0, 0.1) is 11.7 Å². The summed E-state index contributed by atoms with van der Waals surface area (Å²) >= 11 is 0. The lowest BCUT2D eigenvalue weighted by atomic mass is 10.0. The van der Waals surface area contributed by atoms with Gasteiger partial charge in [-0.2, -0.15) is 0 Å².